The highest BCUT2D eigenvalue weighted by Crippen LogP contribution is 2.15. The average molecular weight is 202 g/mol. The van der Waals surface area contributed by atoms with E-state index in [1.807, 2.05) is 6.07 Å². The summed E-state index contributed by atoms with van der Waals surface area (Å²) in [6.07, 6.45) is 1.50. The molecule has 0 aromatic heterocycles. The summed E-state index contributed by atoms with van der Waals surface area (Å²) in [6, 6.07) is 6.73. The maximum absolute atomic E-state index is 10.6. The van der Waals surface area contributed by atoms with Crippen LogP contribution in [0.2, 0.25) is 0 Å². The van der Waals surface area contributed by atoms with Gasteiger partial charge in [-0.05, 0) is 30.7 Å². The Kier molecular flexibility index (Phi) is 3.09. The number of aliphatic carboxylic acids is 1. The van der Waals surface area contributed by atoms with E-state index in [4.69, 9.17) is 16.1 Å². The molecule has 0 saturated carbocycles. The number of hydrogen-bond acceptors (Lipinski definition) is 3. The van der Waals surface area contributed by atoms with Crippen molar-refractivity contribution in [1.29, 1.82) is 5.26 Å². The number of nitrogen functional groups attached to an aromatic ring is 1. The van der Waals surface area contributed by atoms with Gasteiger partial charge in [-0.2, -0.15) is 5.26 Å². The Morgan fingerprint density at radius 1 is 1.60 bits per heavy atom. The molecule has 0 fully saturated rings. The van der Waals surface area contributed by atoms with Gasteiger partial charge in [0.2, 0.25) is 0 Å². The van der Waals surface area contributed by atoms with Crippen molar-refractivity contribution in [1.82, 2.24) is 0 Å². The van der Waals surface area contributed by atoms with Gasteiger partial charge in [-0.1, -0.05) is 6.07 Å². The van der Waals surface area contributed by atoms with Gasteiger partial charge in [-0.3, -0.25) is 0 Å². The summed E-state index contributed by atoms with van der Waals surface area (Å²) in [5, 5.41) is 17.3. The van der Waals surface area contributed by atoms with Crippen molar-refractivity contribution in [3.63, 3.8) is 0 Å². The second-order valence-electron chi connectivity index (χ2n) is 3.09. The van der Waals surface area contributed by atoms with Crippen LogP contribution in [0.5, 0.6) is 0 Å². The van der Waals surface area contributed by atoms with E-state index in [1.54, 1.807) is 18.2 Å². The van der Waals surface area contributed by atoms with Gasteiger partial charge < -0.3 is 10.8 Å². The topological polar surface area (TPSA) is 87.1 Å². The highest BCUT2D eigenvalue weighted by molar-refractivity contribution is 5.91. The highest BCUT2D eigenvalue weighted by Gasteiger charge is 2.02. The van der Waals surface area contributed by atoms with Crippen molar-refractivity contribution in [3.8, 4) is 6.07 Å². The molecule has 0 radical (unpaired) electrons. The number of hydrogen-bond donors (Lipinski definition) is 2. The Balaban J connectivity index is 3.10. The summed E-state index contributed by atoms with van der Waals surface area (Å²) in [5.74, 6) is -0.974. The van der Waals surface area contributed by atoms with E-state index in [0.29, 0.717) is 16.8 Å². The first-order valence-corrected chi connectivity index (χ1v) is 4.26. The number of rotatable bonds is 2. The second-order valence-corrected chi connectivity index (χ2v) is 3.09. The van der Waals surface area contributed by atoms with Gasteiger partial charge in [-0.15, -0.1) is 0 Å². The zero-order valence-electron chi connectivity index (χ0n) is 8.19. The average Bonchev–Trinajstić information content (AvgIpc) is 2.18. The Bertz CT molecular complexity index is 470. The summed E-state index contributed by atoms with van der Waals surface area (Å²) < 4.78 is 0. The molecule has 0 aliphatic carbocycles. The van der Waals surface area contributed by atoms with E-state index in [0.717, 1.165) is 0 Å². The van der Waals surface area contributed by atoms with Crippen molar-refractivity contribution >= 4 is 17.7 Å². The first kappa shape index (κ1) is 10.8. The molecule has 76 valence electrons. The standard InChI is InChI=1S/C11H10N2O2/c1-7(11(14)15)4-8-2-3-9(6-12)10(13)5-8/h2-5H,13H2,1H3,(H,14,15). The monoisotopic (exact) mass is 202 g/mol. The number of carbonyl (C=O) groups is 1. The third kappa shape index (κ3) is 2.58. The number of nitrogens with zero attached hydrogens (tertiary/aromatic N) is 1. The van der Waals surface area contributed by atoms with Crippen molar-refractivity contribution in [3.05, 3.63) is 34.9 Å². The summed E-state index contributed by atoms with van der Waals surface area (Å²) >= 11 is 0. The number of benzene rings is 1. The van der Waals surface area contributed by atoms with Crippen molar-refractivity contribution in [2.45, 2.75) is 6.92 Å². The molecule has 1 aromatic carbocycles. The second kappa shape index (κ2) is 4.29. The largest absolute Gasteiger partial charge is 0.478 e. The summed E-state index contributed by atoms with van der Waals surface area (Å²) in [5.41, 5.74) is 7.22. The van der Waals surface area contributed by atoms with Crippen LogP contribution in [-0.2, 0) is 4.79 Å². The highest BCUT2D eigenvalue weighted by atomic mass is 16.4. The van der Waals surface area contributed by atoms with Gasteiger partial charge in [0.1, 0.15) is 6.07 Å². The molecule has 15 heavy (non-hydrogen) atoms. The van der Waals surface area contributed by atoms with Crippen LogP contribution in [0.25, 0.3) is 6.08 Å². The summed E-state index contributed by atoms with van der Waals surface area (Å²) in [7, 11) is 0. The van der Waals surface area contributed by atoms with Crippen LogP contribution in [0, 0.1) is 11.3 Å². The molecule has 0 heterocycles. The number of carboxylic acid groups (broad SMARTS) is 1. The van der Waals surface area contributed by atoms with E-state index in [9.17, 15) is 4.79 Å². The minimum absolute atomic E-state index is 0.221. The molecule has 0 aliphatic rings. The fraction of sp³-hybridized carbons (Fsp3) is 0.0909. The number of anilines is 1. The third-order valence-corrected chi connectivity index (χ3v) is 1.92. The number of nitriles is 1. The molecule has 0 atom stereocenters. The van der Waals surface area contributed by atoms with Crippen LogP contribution in [0.1, 0.15) is 18.1 Å². The maximum atomic E-state index is 10.6. The van der Waals surface area contributed by atoms with Gasteiger partial charge in [0.15, 0.2) is 0 Å². The van der Waals surface area contributed by atoms with Crippen LogP contribution >= 0.6 is 0 Å². The first-order valence-electron chi connectivity index (χ1n) is 4.26. The SMILES string of the molecule is CC(=Cc1ccc(C#N)c(N)c1)C(=O)O. The molecule has 4 nitrogen and oxygen atoms in total. The lowest BCUT2D eigenvalue weighted by atomic mass is 10.1. The van der Waals surface area contributed by atoms with Crippen LogP contribution in [0.3, 0.4) is 0 Å². The van der Waals surface area contributed by atoms with Gasteiger partial charge in [0.05, 0.1) is 11.3 Å². The molecule has 0 amide bonds. The Morgan fingerprint density at radius 2 is 2.27 bits per heavy atom. The number of carboxylic acids is 1. The zero-order chi connectivity index (χ0) is 11.4. The molecular weight excluding hydrogens is 192 g/mol. The molecule has 3 N–H and O–H groups in total. The van der Waals surface area contributed by atoms with Crippen LogP contribution in [0.15, 0.2) is 23.8 Å². The molecular formula is C11H10N2O2. The lowest BCUT2D eigenvalue weighted by Gasteiger charge is -1.99. The van der Waals surface area contributed by atoms with Crippen LogP contribution < -0.4 is 5.73 Å². The quantitative estimate of drug-likeness (QED) is 0.563. The van der Waals surface area contributed by atoms with Gasteiger partial charge in [-0.25, -0.2) is 4.79 Å². The lowest BCUT2D eigenvalue weighted by Crippen LogP contribution is -1.96. The minimum Gasteiger partial charge on any atom is -0.478 e. The predicted octanol–water partition coefficient (Wildman–Crippen LogP) is 1.63. The fourth-order valence-corrected chi connectivity index (χ4v) is 1.08. The molecule has 0 spiro atoms. The molecule has 1 aromatic rings. The van der Waals surface area contributed by atoms with E-state index < -0.39 is 5.97 Å². The third-order valence-electron chi connectivity index (χ3n) is 1.92. The molecule has 0 bridgehead atoms. The maximum Gasteiger partial charge on any atom is 0.331 e. The van der Waals surface area contributed by atoms with Gasteiger partial charge >= 0.3 is 5.97 Å². The van der Waals surface area contributed by atoms with E-state index in [1.165, 1.54) is 13.0 Å². The van der Waals surface area contributed by atoms with Gasteiger partial charge in [0, 0.05) is 5.57 Å². The lowest BCUT2D eigenvalue weighted by molar-refractivity contribution is -0.132. The predicted molar refractivity (Wildman–Crippen MR) is 56.9 cm³/mol. The summed E-state index contributed by atoms with van der Waals surface area (Å²) in [6.45, 7) is 1.50. The minimum atomic E-state index is -0.974. The smallest absolute Gasteiger partial charge is 0.331 e. The van der Waals surface area contributed by atoms with E-state index in [-0.39, 0.29) is 5.57 Å². The first-order chi connectivity index (χ1) is 7.04. The Labute approximate surface area is 87.3 Å². The molecule has 1 rings (SSSR count). The van der Waals surface area contributed by atoms with E-state index in [2.05, 4.69) is 0 Å². The fourth-order valence-electron chi connectivity index (χ4n) is 1.08. The van der Waals surface area contributed by atoms with Crippen LogP contribution in [0.4, 0.5) is 5.69 Å². The molecule has 0 saturated heterocycles. The normalized spacial score (nSPS) is 10.8. The number of nitrogens with two attached hydrogens (primary N) is 1. The Hall–Kier alpha value is -2.28. The Morgan fingerprint density at radius 3 is 2.73 bits per heavy atom. The van der Waals surface area contributed by atoms with E-state index >= 15 is 0 Å². The summed E-state index contributed by atoms with van der Waals surface area (Å²) in [4.78, 5) is 10.6. The van der Waals surface area contributed by atoms with Gasteiger partial charge in [0.25, 0.3) is 0 Å². The molecule has 4 heteroatoms. The van der Waals surface area contributed by atoms with Crippen LogP contribution in [-0.4, -0.2) is 11.1 Å². The van der Waals surface area contributed by atoms with Crippen molar-refractivity contribution in [2.75, 3.05) is 5.73 Å². The van der Waals surface area contributed by atoms with Crippen molar-refractivity contribution in [2.24, 2.45) is 0 Å². The molecule has 0 unspecified atom stereocenters. The van der Waals surface area contributed by atoms with Crippen molar-refractivity contribution < 1.29 is 9.90 Å². The molecule has 0 aliphatic heterocycles. The zero-order valence-corrected chi connectivity index (χ0v) is 8.19.